The number of nitrogens with zero attached hydrogens (tertiary/aromatic N) is 1. The Kier molecular flexibility index (Phi) is 7.04. The third kappa shape index (κ3) is 4.86. The Morgan fingerprint density at radius 1 is 0.438 bits per heavy atom. The highest BCUT2D eigenvalue weighted by molar-refractivity contribution is 7.39. The molecular formula is C44H34NO2P. The summed E-state index contributed by atoms with van der Waals surface area (Å²) >= 11 is 0. The van der Waals surface area contributed by atoms with E-state index in [2.05, 4.69) is 176 Å². The standard InChI is InChI=1S/C44H34NO2P/c1-29(2)45(44(36-21-19-30-11-3-5-15-34(30)27-36)37-22-20-31-12-4-6-16-35(31)28-37)48-46-40-25-23-32-13-7-9-17-38(32)42(40)43-39-18-10-8-14-33(39)24-26-41(43)47-48/h3-29,44H,1-2H3. The van der Waals surface area contributed by atoms with Gasteiger partial charge in [-0.1, -0.05) is 133 Å². The third-order valence-electron chi connectivity index (χ3n) is 9.55. The second kappa shape index (κ2) is 11.7. The Labute approximate surface area is 280 Å². The van der Waals surface area contributed by atoms with E-state index in [1.54, 1.807) is 0 Å². The molecule has 232 valence electrons. The monoisotopic (exact) mass is 639 g/mol. The van der Waals surface area contributed by atoms with Gasteiger partial charge >= 0.3 is 8.16 Å². The van der Waals surface area contributed by atoms with E-state index in [1.165, 1.54) is 43.4 Å². The number of hydrogen-bond donors (Lipinski definition) is 0. The predicted octanol–water partition coefficient (Wildman–Crippen LogP) is 13.0. The summed E-state index contributed by atoms with van der Waals surface area (Å²) < 4.78 is 16.8. The molecule has 0 spiro atoms. The first-order valence-corrected chi connectivity index (χ1v) is 17.7. The Morgan fingerprint density at radius 3 is 1.29 bits per heavy atom. The topological polar surface area (TPSA) is 29.5 Å². The molecule has 0 saturated carbocycles. The first-order valence-electron chi connectivity index (χ1n) is 16.6. The highest BCUT2D eigenvalue weighted by Gasteiger charge is 2.31. The lowest BCUT2D eigenvalue weighted by Crippen LogP contribution is -2.33. The van der Waals surface area contributed by atoms with E-state index in [0.717, 1.165) is 32.7 Å². The summed E-state index contributed by atoms with van der Waals surface area (Å²) in [5, 5.41) is 11.7. The SMILES string of the molecule is CC(C)N(C(c1ccc2ccccc2c1)c1ccc2ccccc2c1)p1oc2ccc3ccccc3c2c2c(ccc3ccccc32)o1. The highest BCUT2D eigenvalue weighted by Crippen LogP contribution is 2.47. The van der Waals surface area contributed by atoms with Crippen molar-refractivity contribution in [3.63, 3.8) is 0 Å². The van der Waals surface area contributed by atoms with E-state index in [4.69, 9.17) is 8.39 Å². The van der Waals surface area contributed by atoms with Crippen LogP contribution in [0.1, 0.15) is 31.0 Å². The summed E-state index contributed by atoms with van der Waals surface area (Å²) in [4.78, 5) is 0. The van der Waals surface area contributed by atoms with E-state index in [-0.39, 0.29) is 12.1 Å². The fraction of sp³-hybridized carbons (Fsp3) is 0.0909. The van der Waals surface area contributed by atoms with Gasteiger partial charge in [-0.25, -0.2) is 0 Å². The predicted molar refractivity (Wildman–Crippen MR) is 204 cm³/mol. The van der Waals surface area contributed by atoms with Crippen molar-refractivity contribution in [2.24, 2.45) is 0 Å². The molecule has 9 aromatic rings. The van der Waals surface area contributed by atoms with Crippen molar-refractivity contribution in [3.05, 3.63) is 169 Å². The van der Waals surface area contributed by atoms with Crippen LogP contribution in [0.25, 0.3) is 65.0 Å². The summed E-state index contributed by atoms with van der Waals surface area (Å²) in [6, 6.07) is 56.6. The van der Waals surface area contributed by atoms with Crippen molar-refractivity contribution < 1.29 is 8.39 Å². The van der Waals surface area contributed by atoms with E-state index >= 15 is 0 Å². The molecule has 48 heavy (non-hydrogen) atoms. The zero-order valence-corrected chi connectivity index (χ0v) is 27.8. The first-order chi connectivity index (χ1) is 23.6. The Hall–Kier alpha value is -5.34. The average Bonchev–Trinajstić information content (AvgIpc) is 3.30. The zero-order chi connectivity index (χ0) is 32.2. The normalized spacial score (nSPS) is 12.1. The molecule has 4 heteroatoms. The van der Waals surface area contributed by atoms with Gasteiger partial charge in [0, 0.05) is 16.8 Å². The molecule has 0 fully saturated rings. The van der Waals surface area contributed by atoms with Gasteiger partial charge in [0.15, 0.2) is 0 Å². The molecular weight excluding hydrogens is 605 g/mol. The quantitative estimate of drug-likeness (QED) is 0.188. The van der Waals surface area contributed by atoms with Crippen molar-refractivity contribution in [1.82, 2.24) is 0 Å². The minimum Gasteiger partial charge on any atom is -0.408 e. The molecule has 0 amide bonds. The highest BCUT2D eigenvalue weighted by atomic mass is 31.1. The van der Waals surface area contributed by atoms with E-state index in [0.29, 0.717) is 0 Å². The van der Waals surface area contributed by atoms with Gasteiger partial charge in [-0.05, 0) is 92.3 Å². The number of fused-ring (bicyclic) bond motifs is 9. The summed E-state index contributed by atoms with van der Waals surface area (Å²) in [6.45, 7) is 4.50. The molecule has 0 aliphatic heterocycles. The smallest absolute Gasteiger partial charge is 0.310 e. The number of benzene rings is 8. The van der Waals surface area contributed by atoms with Crippen molar-refractivity contribution in [1.29, 1.82) is 0 Å². The van der Waals surface area contributed by atoms with Crippen LogP contribution in [0, 0.1) is 0 Å². The Balaban J connectivity index is 1.38. The fourth-order valence-corrected chi connectivity index (χ4v) is 8.99. The van der Waals surface area contributed by atoms with Crippen LogP contribution in [0.15, 0.2) is 166 Å². The number of hydrogen-bond acceptors (Lipinski definition) is 3. The Bertz CT molecular complexity index is 2520. The van der Waals surface area contributed by atoms with Crippen LogP contribution in [0.2, 0.25) is 0 Å². The van der Waals surface area contributed by atoms with E-state index in [9.17, 15) is 0 Å². The van der Waals surface area contributed by atoms with Gasteiger partial charge in [0.25, 0.3) is 0 Å². The molecule has 8 aromatic carbocycles. The van der Waals surface area contributed by atoms with E-state index < -0.39 is 8.16 Å². The average molecular weight is 640 g/mol. The van der Waals surface area contributed by atoms with Crippen molar-refractivity contribution in [2.75, 3.05) is 4.67 Å². The van der Waals surface area contributed by atoms with Crippen LogP contribution < -0.4 is 4.67 Å². The molecule has 0 bridgehead atoms. The van der Waals surface area contributed by atoms with Gasteiger partial charge in [0.05, 0.1) is 6.04 Å². The van der Waals surface area contributed by atoms with Gasteiger partial charge in [0.2, 0.25) is 0 Å². The molecule has 3 nitrogen and oxygen atoms in total. The molecule has 0 unspecified atom stereocenters. The maximum atomic E-state index is 7.19. The van der Waals surface area contributed by atoms with Gasteiger partial charge < -0.3 is 8.39 Å². The second-order valence-corrected chi connectivity index (χ2v) is 14.1. The van der Waals surface area contributed by atoms with Crippen molar-refractivity contribution in [2.45, 2.75) is 25.9 Å². The van der Waals surface area contributed by atoms with Gasteiger partial charge in [-0.3, -0.25) is 0 Å². The second-order valence-electron chi connectivity index (χ2n) is 12.8. The molecule has 0 radical (unpaired) electrons. The van der Waals surface area contributed by atoms with Crippen LogP contribution in [0.5, 0.6) is 0 Å². The van der Waals surface area contributed by atoms with Crippen LogP contribution in [-0.2, 0) is 0 Å². The van der Waals surface area contributed by atoms with E-state index in [1.807, 2.05) is 0 Å². The molecule has 0 atom stereocenters. The van der Waals surface area contributed by atoms with Gasteiger partial charge in [-0.15, -0.1) is 0 Å². The van der Waals surface area contributed by atoms with Crippen LogP contribution in [0.3, 0.4) is 0 Å². The fourth-order valence-electron chi connectivity index (χ4n) is 7.29. The maximum Gasteiger partial charge on any atom is 0.310 e. The maximum absolute atomic E-state index is 7.19. The lowest BCUT2D eigenvalue weighted by molar-refractivity contribution is 0.576. The summed E-state index contributed by atoms with van der Waals surface area (Å²) in [5.74, 6) is 0. The molecule has 0 aliphatic rings. The molecule has 1 aromatic heterocycles. The van der Waals surface area contributed by atoms with Crippen molar-refractivity contribution >= 4 is 73.2 Å². The summed E-state index contributed by atoms with van der Waals surface area (Å²) in [7, 11) is -1.62. The molecule has 9 rings (SSSR count). The lowest BCUT2D eigenvalue weighted by atomic mass is 9.94. The summed E-state index contributed by atoms with van der Waals surface area (Å²) in [6.07, 6.45) is 0. The molecule has 0 N–H and O–H groups in total. The summed E-state index contributed by atoms with van der Waals surface area (Å²) in [5.41, 5.74) is 4.09. The van der Waals surface area contributed by atoms with Crippen LogP contribution in [-0.4, -0.2) is 6.04 Å². The first kappa shape index (κ1) is 28.8. The van der Waals surface area contributed by atoms with Crippen LogP contribution in [0.4, 0.5) is 0 Å². The third-order valence-corrected chi connectivity index (χ3v) is 11.3. The van der Waals surface area contributed by atoms with Gasteiger partial charge in [-0.2, -0.15) is 4.67 Å². The minimum absolute atomic E-state index is 0.0879. The van der Waals surface area contributed by atoms with Crippen molar-refractivity contribution in [3.8, 4) is 0 Å². The minimum atomic E-state index is -1.62. The van der Waals surface area contributed by atoms with Crippen LogP contribution >= 0.6 is 8.16 Å². The number of rotatable bonds is 5. The largest absolute Gasteiger partial charge is 0.408 e. The molecule has 0 saturated heterocycles. The Morgan fingerprint density at radius 2 is 0.833 bits per heavy atom. The lowest BCUT2D eigenvalue weighted by Gasteiger charge is -2.32. The van der Waals surface area contributed by atoms with Gasteiger partial charge in [0.1, 0.15) is 11.2 Å². The zero-order valence-electron chi connectivity index (χ0n) is 26.9. The molecule has 0 aliphatic carbocycles. The molecule has 1 heterocycles.